The van der Waals surface area contributed by atoms with Gasteiger partial charge in [-0.2, -0.15) is 4.99 Å². The summed E-state index contributed by atoms with van der Waals surface area (Å²) in [6.45, 7) is 0. The molecule has 0 radical (unpaired) electrons. The van der Waals surface area contributed by atoms with Crippen LogP contribution in [0.1, 0.15) is 0 Å². The number of anilines is 2. The molecule has 5 nitrogen and oxygen atoms in total. The molecule has 3 rings (SSSR count). The van der Waals surface area contributed by atoms with E-state index in [2.05, 4.69) is 9.98 Å². The van der Waals surface area contributed by atoms with Gasteiger partial charge in [0.25, 0.3) is 0 Å². The van der Waals surface area contributed by atoms with Crippen molar-refractivity contribution in [1.29, 1.82) is 0 Å². The minimum atomic E-state index is -0.0495. The van der Waals surface area contributed by atoms with Crippen molar-refractivity contribution >= 4 is 29.0 Å². The molecule has 0 aliphatic carbocycles. The standard InChI is InChI=1S/C20H19N5/c21-19(22)24-20(23-16-10-4-1-5-11-16)25(17-12-6-2-7-13-17)18-14-8-3-9-15-18/h1-15H,(H4,21,22,23,24). The molecule has 0 aliphatic rings. The summed E-state index contributed by atoms with van der Waals surface area (Å²) < 4.78 is 0. The zero-order valence-electron chi connectivity index (χ0n) is 13.7. The SMILES string of the molecule is NC(N)=NC(=Nc1ccccc1)N(c1ccccc1)c1ccccc1. The maximum absolute atomic E-state index is 5.66. The van der Waals surface area contributed by atoms with Crippen LogP contribution in [0.3, 0.4) is 0 Å². The lowest BCUT2D eigenvalue weighted by Crippen LogP contribution is -2.30. The number of nitrogens with two attached hydrogens (primary N) is 2. The second-order valence-electron chi connectivity index (χ2n) is 5.29. The van der Waals surface area contributed by atoms with E-state index in [4.69, 9.17) is 11.5 Å². The zero-order chi connectivity index (χ0) is 17.5. The van der Waals surface area contributed by atoms with Crippen LogP contribution in [-0.4, -0.2) is 11.9 Å². The Balaban J connectivity index is 2.17. The van der Waals surface area contributed by atoms with Gasteiger partial charge in [-0.05, 0) is 36.4 Å². The van der Waals surface area contributed by atoms with Crippen molar-refractivity contribution in [3.05, 3.63) is 91.0 Å². The molecule has 0 heterocycles. The van der Waals surface area contributed by atoms with Gasteiger partial charge in [0.1, 0.15) is 0 Å². The number of rotatable bonds is 3. The first kappa shape index (κ1) is 16.3. The molecule has 0 amide bonds. The van der Waals surface area contributed by atoms with Gasteiger partial charge in [-0.15, -0.1) is 0 Å². The number of nitrogens with zero attached hydrogens (tertiary/aromatic N) is 3. The molecule has 0 unspecified atom stereocenters. The molecule has 5 heteroatoms. The van der Waals surface area contributed by atoms with Crippen molar-refractivity contribution in [2.24, 2.45) is 21.5 Å². The third-order valence-corrected chi connectivity index (χ3v) is 3.44. The molecule has 0 atom stereocenters. The lowest BCUT2D eigenvalue weighted by molar-refractivity contribution is 1.27. The predicted molar refractivity (Wildman–Crippen MR) is 104 cm³/mol. The van der Waals surface area contributed by atoms with Crippen molar-refractivity contribution < 1.29 is 0 Å². The first-order valence-corrected chi connectivity index (χ1v) is 7.87. The molecule has 124 valence electrons. The molecule has 0 spiro atoms. The summed E-state index contributed by atoms with van der Waals surface area (Å²) in [6, 6.07) is 29.3. The Hall–Kier alpha value is -3.60. The Kier molecular flexibility index (Phi) is 5.07. The highest BCUT2D eigenvalue weighted by atomic mass is 15.3. The summed E-state index contributed by atoms with van der Waals surface area (Å²) in [6.07, 6.45) is 0. The molecular weight excluding hydrogens is 310 g/mol. The minimum Gasteiger partial charge on any atom is -0.370 e. The normalized spacial score (nSPS) is 11.0. The summed E-state index contributed by atoms with van der Waals surface area (Å²) in [5.74, 6) is 0.343. The summed E-state index contributed by atoms with van der Waals surface area (Å²) in [4.78, 5) is 10.8. The highest BCUT2D eigenvalue weighted by Gasteiger charge is 2.16. The fourth-order valence-corrected chi connectivity index (χ4v) is 2.39. The number of guanidine groups is 2. The van der Waals surface area contributed by atoms with E-state index < -0.39 is 0 Å². The summed E-state index contributed by atoms with van der Waals surface area (Å²) in [5.41, 5.74) is 13.9. The number of hydrogen-bond donors (Lipinski definition) is 2. The highest BCUT2D eigenvalue weighted by Crippen LogP contribution is 2.27. The van der Waals surface area contributed by atoms with Crippen LogP contribution in [-0.2, 0) is 0 Å². The maximum Gasteiger partial charge on any atom is 0.238 e. The lowest BCUT2D eigenvalue weighted by Gasteiger charge is -2.24. The van der Waals surface area contributed by atoms with Crippen molar-refractivity contribution in [2.75, 3.05) is 4.90 Å². The third kappa shape index (κ3) is 4.23. The van der Waals surface area contributed by atoms with Crippen molar-refractivity contribution in [2.45, 2.75) is 0 Å². The number of para-hydroxylation sites is 3. The van der Waals surface area contributed by atoms with E-state index in [0.29, 0.717) is 5.96 Å². The maximum atomic E-state index is 5.66. The Labute approximate surface area is 147 Å². The van der Waals surface area contributed by atoms with E-state index in [1.54, 1.807) is 0 Å². The fourth-order valence-electron chi connectivity index (χ4n) is 2.39. The Morgan fingerprint density at radius 2 is 1.08 bits per heavy atom. The van der Waals surface area contributed by atoms with Crippen LogP contribution in [0.25, 0.3) is 0 Å². The average molecular weight is 329 g/mol. The van der Waals surface area contributed by atoms with Crippen LogP contribution in [0.4, 0.5) is 17.1 Å². The van der Waals surface area contributed by atoms with E-state index in [9.17, 15) is 0 Å². The predicted octanol–water partition coefficient (Wildman–Crippen LogP) is 3.79. The zero-order valence-corrected chi connectivity index (χ0v) is 13.7. The van der Waals surface area contributed by atoms with E-state index in [-0.39, 0.29) is 5.96 Å². The van der Waals surface area contributed by atoms with Crippen molar-refractivity contribution in [3.63, 3.8) is 0 Å². The van der Waals surface area contributed by atoms with Crippen molar-refractivity contribution in [3.8, 4) is 0 Å². The number of hydrogen-bond acceptors (Lipinski definition) is 1. The monoisotopic (exact) mass is 329 g/mol. The number of aliphatic imine (C=N–C) groups is 2. The second kappa shape index (κ2) is 7.79. The molecule has 0 fully saturated rings. The molecule has 3 aromatic carbocycles. The molecule has 4 N–H and O–H groups in total. The summed E-state index contributed by atoms with van der Waals surface area (Å²) in [5, 5.41) is 0. The largest absolute Gasteiger partial charge is 0.370 e. The molecule has 0 aromatic heterocycles. The Bertz CT molecular complexity index is 815. The van der Waals surface area contributed by atoms with Gasteiger partial charge in [0.15, 0.2) is 5.96 Å². The van der Waals surface area contributed by atoms with Crippen LogP contribution in [0, 0.1) is 0 Å². The van der Waals surface area contributed by atoms with E-state index in [0.717, 1.165) is 17.1 Å². The van der Waals surface area contributed by atoms with Gasteiger partial charge in [0.2, 0.25) is 5.96 Å². The highest BCUT2D eigenvalue weighted by molar-refractivity contribution is 6.08. The third-order valence-electron chi connectivity index (χ3n) is 3.44. The Morgan fingerprint density at radius 3 is 1.52 bits per heavy atom. The summed E-state index contributed by atoms with van der Waals surface area (Å²) >= 11 is 0. The van der Waals surface area contributed by atoms with Gasteiger partial charge < -0.3 is 11.5 Å². The second-order valence-corrected chi connectivity index (χ2v) is 5.29. The van der Waals surface area contributed by atoms with Gasteiger partial charge >= 0.3 is 0 Å². The topological polar surface area (TPSA) is 80.0 Å². The van der Waals surface area contributed by atoms with E-state index in [1.165, 1.54) is 0 Å². The minimum absolute atomic E-state index is 0.0495. The first-order valence-electron chi connectivity index (χ1n) is 7.87. The van der Waals surface area contributed by atoms with Gasteiger partial charge in [-0.1, -0.05) is 54.6 Å². The first-order chi connectivity index (χ1) is 12.2. The van der Waals surface area contributed by atoms with Gasteiger partial charge in [0.05, 0.1) is 5.69 Å². The van der Waals surface area contributed by atoms with Crippen molar-refractivity contribution in [1.82, 2.24) is 0 Å². The van der Waals surface area contributed by atoms with Crippen LogP contribution in [0.15, 0.2) is 101 Å². The molecule has 3 aromatic rings. The molecule has 25 heavy (non-hydrogen) atoms. The molecule has 0 bridgehead atoms. The van der Waals surface area contributed by atoms with Gasteiger partial charge in [0, 0.05) is 11.4 Å². The Morgan fingerprint density at radius 1 is 0.640 bits per heavy atom. The van der Waals surface area contributed by atoms with E-state index in [1.807, 2.05) is 95.9 Å². The summed E-state index contributed by atoms with van der Waals surface area (Å²) in [7, 11) is 0. The van der Waals surface area contributed by atoms with Crippen LogP contribution in [0.5, 0.6) is 0 Å². The van der Waals surface area contributed by atoms with Crippen LogP contribution < -0.4 is 16.4 Å². The molecule has 0 saturated carbocycles. The van der Waals surface area contributed by atoms with E-state index >= 15 is 0 Å². The molecule has 0 aliphatic heterocycles. The van der Waals surface area contributed by atoms with Gasteiger partial charge in [-0.25, -0.2) is 4.99 Å². The molecular formula is C20H19N5. The van der Waals surface area contributed by atoms with Crippen LogP contribution >= 0.6 is 0 Å². The van der Waals surface area contributed by atoms with Gasteiger partial charge in [-0.3, -0.25) is 4.90 Å². The average Bonchev–Trinajstić information content (AvgIpc) is 2.64. The number of benzene rings is 3. The lowest BCUT2D eigenvalue weighted by atomic mass is 10.2. The fraction of sp³-hybridized carbons (Fsp3) is 0. The smallest absolute Gasteiger partial charge is 0.238 e. The molecule has 0 saturated heterocycles. The van der Waals surface area contributed by atoms with Crippen LogP contribution in [0.2, 0.25) is 0 Å². The quantitative estimate of drug-likeness (QED) is 0.567.